The second-order valence-corrected chi connectivity index (χ2v) is 7.95. The Labute approximate surface area is 179 Å². The lowest BCUT2D eigenvalue weighted by atomic mass is 9.92. The fraction of sp³-hybridized carbons (Fsp3) is 0.474. The van der Waals surface area contributed by atoms with Crippen LogP contribution < -0.4 is 15.0 Å². The van der Waals surface area contributed by atoms with Gasteiger partial charge in [0.1, 0.15) is 6.26 Å². The Balaban J connectivity index is 1.32. The summed E-state index contributed by atoms with van der Waals surface area (Å²) in [7, 11) is 0. The molecule has 170 valence electrons. The van der Waals surface area contributed by atoms with Crippen LogP contribution in [0.25, 0.3) is 5.65 Å². The molecule has 3 atom stereocenters. The maximum atomic E-state index is 13.1. The Bertz CT molecular complexity index is 1140. The average molecular weight is 453 g/mol. The summed E-state index contributed by atoms with van der Waals surface area (Å²) < 4.78 is 61.7. The molecule has 0 amide bonds. The molecule has 4 heterocycles. The Hall–Kier alpha value is -3.38. The normalized spacial score (nSPS) is 23.7. The topological polar surface area (TPSA) is 93.6 Å². The number of alkyl halides is 3. The third-order valence-electron chi connectivity index (χ3n) is 5.80. The van der Waals surface area contributed by atoms with Crippen molar-refractivity contribution >= 4 is 17.6 Å². The lowest BCUT2D eigenvalue weighted by molar-refractivity contribution is -0.110. The first-order valence-corrected chi connectivity index (χ1v) is 10.0. The summed E-state index contributed by atoms with van der Waals surface area (Å²) >= 11 is 0. The van der Waals surface area contributed by atoms with Crippen LogP contribution in [0.3, 0.4) is 0 Å². The van der Waals surface area contributed by atoms with E-state index in [1.54, 1.807) is 13.1 Å². The molecule has 1 saturated heterocycles. The van der Waals surface area contributed by atoms with Crippen molar-refractivity contribution in [2.45, 2.75) is 32.0 Å². The summed E-state index contributed by atoms with van der Waals surface area (Å²) in [6.45, 7) is 3.27. The Kier molecular flexibility index (Phi) is 4.90. The van der Waals surface area contributed by atoms with Gasteiger partial charge in [-0.1, -0.05) is 5.16 Å². The first-order chi connectivity index (χ1) is 15.3. The molecule has 1 saturated carbocycles. The quantitative estimate of drug-likeness (QED) is 0.464. The largest absolute Gasteiger partial charge is 0.458 e. The zero-order valence-corrected chi connectivity index (χ0v) is 16.9. The zero-order valence-electron chi connectivity index (χ0n) is 16.9. The predicted octanol–water partition coefficient (Wildman–Crippen LogP) is 3.50. The second kappa shape index (κ2) is 7.64. The standard InChI is InChI=1S/C19H19F4N7O2/c1-10-24-18(32-28-10)29-7-11-4-5-12(8-29)15(11)25-17-26-16-13(3-2-6-30(16)27-17)31-9-14(20)19(21,22)23/h2-3,6,9,11-12,15H,4-5,7-8H2,1H3,(H,25,27)/b14-9-/t11-,12+,15-. The van der Waals surface area contributed by atoms with Gasteiger partial charge in [0.15, 0.2) is 17.2 Å². The molecule has 3 aromatic heterocycles. The van der Waals surface area contributed by atoms with E-state index >= 15 is 0 Å². The Morgan fingerprint density at radius 3 is 2.66 bits per heavy atom. The molecule has 0 unspecified atom stereocenters. The number of pyridine rings is 1. The van der Waals surface area contributed by atoms with E-state index in [0.29, 0.717) is 29.6 Å². The van der Waals surface area contributed by atoms with E-state index in [1.165, 1.54) is 16.6 Å². The van der Waals surface area contributed by atoms with Gasteiger partial charge in [0.05, 0.1) is 0 Å². The average Bonchev–Trinajstić information content (AvgIpc) is 3.41. The summed E-state index contributed by atoms with van der Waals surface area (Å²) in [4.78, 5) is 10.7. The van der Waals surface area contributed by atoms with Gasteiger partial charge in [-0.25, -0.2) is 4.52 Å². The number of aryl methyl sites for hydroxylation is 1. The molecule has 1 N–H and O–H groups in total. The third kappa shape index (κ3) is 3.82. The van der Waals surface area contributed by atoms with E-state index in [9.17, 15) is 17.6 Å². The maximum absolute atomic E-state index is 13.1. The van der Waals surface area contributed by atoms with Crippen LogP contribution >= 0.6 is 0 Å². The smallest absolute Gasteiger partial charge is 0.446 e. The number of nitrogens with zero attached hydrogens (tertiary/aromatic N) is 6. The highest BCUT2D eigenvalue weighted by atomic mass is 19.4. The number of aromatic nitrogens is 5. The van der Waals surface area contributed by atoms with E-state index in [1.807, 2.05) is 0 Å². The molecule has 9 nitrogen and oxygen atoms in total. The van der Waals surface area contributed by atoms with Gasteiger partial charge < -0.3 is 19.5 Å². The summed E-state index contributed by atoms with van der Waals surface area (Å²) in [6, 6.07) is 3.56. The zero-order chi connectivity index (χ0) is 22.5. The van der Waals surface area contributed by atoms with Crippen LogP contribution in [0.5, 0.6) is 5.75 Å². The second-order valence-electron chi connectivity index (χ2n) is 7.95. The van der Waals surface area contributed by atoms with Gasteiger partial charge in [-0.2, -0.15) is 27.5 Å². The van der Waals surface area contributed by atoms with E-state index in [-0.39, 0.29) is 23.7 Å². The van der Waals surface area contributed by atoms with Gasteiger partial charge in [-0.05, 0) is 43.7 Å². The number of nitrogens with one attached hydrogen (secondary N) is 1. The molecular formula is C19H19F4N7O2. The van der Waals surface area contributed by atoms with Crippen molar-refractivity contribution in [3.05, 3.63) is 36.2 Å². The van der Waals surface area contributed by atoms with E-state index in [2.05, 4.69) is 30.4 Å². The highest BCUT2D eigenvalue weighted by Gasteiger charge is 2.43. The van der Waals surface area contributed by atoms with Crippen LogP contribution in [-0.4, -0.2) is 50.0 Å². The van der Waals surface area contributed by atoms with Crippen molar-refractivity contribution in [1.29, 1.82) is 0 Å². The number of anilines is 2. The highest BCUT2D eigenvalue weighted by molar-refractivity contribution is 5.56. The number of hydrogen-bond donors (Lipinski definition) is 1. The molecule has 3 aromatic rings. The molecule has 1 aliphatic carbocycles. The molecular weight excluding hydrogens is 434 g/mol. The number of allylic oxidation sites excluding steroid dienone is 1. The molecule has 13 heteroatoms. The maximum Gasteiger partial charge on any atom is 0.446 e. The third-order valence-corrected chi connectivity index (χ3v) is 5.80. The van der Waals surface area contributed by atoms with Crippen molar-refractivity contribution in [2.75, 3.05) is 23.3 Å². The molecule has 2 fully saturated rings. The molecule has 5 rings (SSSR count). The highest BCUT2D eigenvalue weighted by Crippen LogP contribution is 2.39. The molecule has 2 aliphatic rings. The summed E-state index contributed by atoms with van der Waals surface area (Å²) in [5, 5.41) is 11.6. The summed E-state index contributed by atoms with van der Waals surface area (Å²) in [6.07, 6.45) is -1.46. The molecule has 2 bridgehead atoms. The van der Waals surface area contributed by atoms with Gasteiger partial charge in [-0.3, -0.25) is 0 Å². The van der Waals surface area contributed by atoms with E-state index in [0.717, 1.165) is 25.9 Å². The van der Waals surface area contributed by atoms with Crippen LogP contribution in [0.2, 0.25) is 0 Å². The number of rotatable bonds is 5. The number of fused-ring (bicyclic) bond motifs is 3. The minimum absolute atomic E-state index is 0.0201. The minimum atomic E-state index is -5.11. The lowest BCUT2D eigenvalue weighted by Crippen LogP contribution is -2.48. The van der Waals surface area contributed by atoms with Crippen LogP contribution in [0.15, 0.2) is 34.9 Å². The van der Waals surface area contributed by atoms with Gasteiger partial charge in [0.25, 0.3) is 0 Å². The van der Waals surface area contributed by atoms with Crippen molar-refractivity contribution in [2.24, 2.45) is 11.8 Å². The van der Waals surface area contributed by atoms with Gasteiger partial charge in [0, 0.05) is 25.3 Å². The molecule has 1 aliphatic heterocycles. The Morgan fingerprint density at radius 2 is 2.00 bits per heavy atom. The van der Waals surface area contributed by atoms with E-state index < -0.39 is 12.0 Å². The van der Waals surface area contributed by atoms with Crippen molar-refractivity contribution in [1.82, 2.24) is 24.7 Å². The summed E-state index contributed by atoms with van der Waals surface area (Å²) in [5.41, 5.74) is 0.173. The minimum Gasteiger partial charge on any atom is -0.458 e. The SMILES string of the molecule is Cc1noc(N2C[C@H]3CC[C@@H](C2)[C@@H]3Nc2nc3c(O/C=C(\F)C(F)(F)F)cccn3n2)n1. The van der Waals surface area contributed by atoms with Crippen molar-refractivity contribution < 1.29 is 26.8 Å². The van der Waals surface area contributed by atoms with Crippen molar-refractivity contribution in [3.63, 3.8) is 0 Å². The first kappa shape index (κ1) is 20.5. The first-order valence-electron chi connectivity index (χ1n) is 10.0. The van der Waals surface area contributed by atoms with Crippen molar-refractivity contribution in [3.8, 4) is 5.75 Å². The number of hydrogen-bond acceptors (Lipinski definition) is 8. The van der Waals surface area contributed by atoms with Crippen LogP contribution in [0.1, 0.15) is 18.7 Å². The molecule has 0 aromatic carbocycles. The Morgan fingerprint density at radius 1 is 1.25 bits per heavy atom. The fourth-order valence-corrected chi connectivity index (χ4v) is 4.39. The lowest BCUT2D eigenvalue weighted by Gasteiger charge is -2.37. The van der Waals surface area contributed by atoms with Gasteiger partial charge in [0.2, 0.25) is 11.8 Å². The van der Waals surface area contributed by atoms with Gasteiger partial charge >= 0.3 is 12.2 Å². The number of ether oxygens (including phenoxy) is 1. The molecule has 0 spiro atoms. The molecule has 32 heavy (non-hydrogen) atoms. The number of piperidine rings is 1. The monoisotopic (exact) mass is 453 g/mol. The predicted molar refractivity (Wildman–Crippen MR) is 104 cm³/mol. The number of halogens is 4. The summed E-state index contributed by atoms with van der Waals surface area (Å²) in [5.74, 6) is -0.844. The fourth-order valence-electron chi connectivity index (χ4n) is 4.39. The van der Waals surface area contributed by atoms with Gasteiger partial charge in [-0.15, -0.1) is 5.10 Å². The van der Waals surface area contributed by atoms with Crippen LogP contribution in [0, 0.1) is 18.8 Å². The van der Waals surface area contributed by atoms with E-state index in [4.69, 9.17) is 9.26 Å². The van der Waals surface area contributed by atoms with Crippen LogP contribution in [0.4, 0.5) is 29.5 Å². The van der Waals surface area contributed by atoms with Crippen LogP contribution in [-0.2, 0) is 0 Å². The molecule has 0 radical (unpaired) electrons.